The van der Waals surface area contributed by atoms with Crippen LogP contribution < -0.4 is 0 Å². The zero-order valence-electron chi connectivity index (χ0n) is 25.4. The maximum absolute atomic E-state index is 13.5. The predicted molar refractivity (Wildman–Crippen MR) is 155 cm³/mol. The molecule has 0 aromatic rings. The summed E-state index contributed by atoms with van der Waals surface area (Å²) in [6, 6.07) is 0. The standard InChI is InChI=1S/C32H60O6/c1-5-9-13-17-21-25-32(29(33)36-26-22-18-14-10-6-2,30(34)37-27-23-19-15-11-7-3)31(35)38-28-24-20-16-12-8-4/h5-28H2,1-4H3. The first kappa shape index (κ1) is 36.4. The van der Waals surface area contributed by atoms with Crippen LogP contribution in [0.5, 0.6) is 0 Å². The number of esters is 3. The van der Waals surface area contributed by atoms with Crippen LogP contribution in [-0.4, -0.2) is 37.7 Å². The lowest BCUT2D eigenvalue weighted by Crippen LogP contribution is -2.49. The molecule has 0 aromatic heterocycles. The van der Waals surface area contributed by atoms with Gasteiger partial charge in [0.1, 0.15) is 0 Å². The van der Waals surface area contributed by atoms with E-state index in [4.69, 9.17) is 14.2 Å². The summed E-state index contributed by atoms with van der Waals surface area (Å²) in [5, 5.41) is 0. The maximum Gasteiger partial charge on any atom is 0.335 e. The lowest BCUT2D eigenvalue weighted by Gasteiger charge is -2.27. The highest BCUT2D eigenvalue weighted by molar-refractivity contribution is 6.17. The molecule has 0 unspecified atom stereocenters. The fourth-order valence-corrected chi connectivity index (χ4v) is 4.53. The Hall–Kier alpha value is -1.59. The minimum Gasteiger partial charge on any atom is -0.464 e. The third-order valence-corrected chi connectivity index (χ3v) is 7.14. The van der Waals surface area contributed by atoms with Crippen molar-refractivity contribution in [1.82, 2.24) is 0 Å². The van der Waals surface area contributed by atoms with Crippen LogP contribution in [0.4, 0.5) is 0 Å². The molecule has 0 N–H and O–H groups in total. The molecule has 0 bridgehead atoms. The largest absolute Gasteiger partial charge is 0.464 e. The van der Waals surface area contributed by atoms with Gasteiger partial charge in [-0.2, -0.15) is 0 Å². The van der Waals surface area contributed by atoms with E-state index in [9.17, 15) is 14.4 Å². The van der Waals surface area contributed by atoms with E-state index in [2.05, 4.69) is 27.7 Å². The summed E-state index contributed by atoms with van der Waals surface area (Å²) >= 11 is 0. The molecule has 0 saturated heterocycles. The molecule has 6 heteroatoms. The highest BCUT2D eigenvalue weighted by Gasteiger charge is 2.57. The first-order chi connectivity index (χ1) is 18.5. The van der Waals surface area contributed by atoms with Crippen molar-refractivity contribution in [3.05, 3.63) is 0 Å². The minimum atomic E-state index is -2.03. The number of hydrogen-bond donors (Lipinski definition) is 0. The zero-order valence-corrected chi connectivity index (χ0v) is 25.4. The topological polar surface area (TPSA) is 78.9 Å². The fraction of sp³-hybridized carbons (Fsp3) is 0.906. The second-order valence-corrected chi connectivity index (χ2v) is 10.7. The second kappa shape index (κ2) is 25.7. The summed E-state index contributed by atoms with van der Waals surface area (Å²) < 4.78 is 16.8. The monoisotopic (exact) mass is 540 g/mol. The van der Waals surface area contributed by atoms with Crippen molar-refractivity contribution < 1.29 is 28.6 Å². The molecule has 6 nitrogen and oxygen atoms in total. The summed E-state index contributed by atoms with van der Waals surface area (Å²) in [6.07, 6.45) is 19.8. The minimum absolute atomic E-state index is 0.0781. The molecule has 0 aliphatic heterocycles. The number of ether oxygens (including phenoxy) is 3. The van der Waals surface area contributed by atoms with Gasteiger partial charge in [0.2, 0.25) is 0 Å². The summed E-state index contributed by atoms with van der Waals surface area (Å²) in [5.74, 6) is -2.39. The normalized spacial score (nSPS) is 11.4. The molecule has 0 aromatic carbocycles. The quantitative estimate of drug-likeness (QED) is 0.0448. The highest BCUT2D eigenvalue weighted by Crippen LogP contribution is 2.32. The smallest absolute Gasteiger partial charge is 0.335 e. The Morgan fingerprint density at radius 1 is 0.395 bits per heavy atom. The van der Waals surface area contributed by atoms with E-state index >= 15 is 0 Å². The van der Waals surface area contributed by atoms with Crippen LogP contribution in [0.15, 0.2) is 0 Å². The van der Waals surface area contributed by atoms with Crippen molar-refractivity contribution in [3.8, 4) is 0 Å². The lowest BCUT2D eigenvalue weighted by atomic mass is 9.82. The molecule has 0 heterocycles. The van der Waals surface area contributed by atoms with Gasteiger partial charge in [0.05, 0.1) is 19.8 Å². The van der Waals surface area contributed by atoms with Gasteiger partial charge < -0.3 is 14.2 Å². The Bertz CT molecular complexity index is 519. The summed E-state index contributed by atoms with van der Waals surface area (Å²) in [4.78, 5) is 40.4. The van der Waals surface area contributed by atoms with Crippen LogP contribution in [0.2, 0.25) is 0 Å². The average molecular weight is 541 g/mol. The van der Waals surface area contributed by atoms with Crippen molar-refractivity contribution in [2.24, 2.45) is 5.41 Å². The number of carbonyl (C=O) groups is 3. The van der Waals surface area contributed by atoms with Gasteiger partial charge in [0.15, 0.2) is 0 Å². The van der Waals surface area contributed by atoms with Gasteiger partial charge in [-0.05, 0) is 25.7 Å². The van der Waals surface area contributed by atoms with E-state index in [1.54, 1.807) is 0 Å². The number of rotatable bonds is 27. The van der Waals surface area contributed by atoms with Gasteiger partial charge in [-0.25, -0.2) is 0 Å². The molecule has 0 fully saturated rings. The Morgan fingerprint density at radius 3 is 0.947 bits per heavy atom. The van der Waals surface area contributed by atoms with Crippen LogP contribution in [0.25, 0.3) is 0 Å². The molecule has 0 aliphatic rings. The molecular weight excluding hydrogens is 480 g/mol. The van der Waals surface area contributed by atoms with E-state index in [0.29, 0.717) is 6.42 Å². The molecule has 0 spiro atoms. The van der Waals surface area contributed by atoms with Gasteiger partial charge >= 0.3 is 17.9 Å². The van der Waals surface area contributed by atoms with Gasteiger partial charge in [-0.1, -0.05) is 137 Å². The predicted octanol–water partition coefficient (Wildman–Crippen LogP) is 8.87. The number of carbonyl (C=O) groups excluding carboxylic acids is 3. The highest BCUT2D eigenvalue weighted by atomic mass is 16.6. The van der Waals surface area contributed by atoms with Gasteiger partial charge in [-0.3, -0.25) is 14.4 Å². The molecule has 0 atom stereocenters. The maximum atomic E-state index is 13.5. The van der Waals surface area contributed by atoms with Crippen LogP contribution in [0.3, 0.4) is 0 Å². The molecule has 0 aliphatic carbocycles. The first-order valence-electron chi connectivity index (χ1n) is 16.0. The fourth-order valence-electron chi connectivity index (χ4n) is 4.53. The van der Waals surface area contributed by atoms with E-state index in [1.807, 2.05) is 0 Å². The lowest BCUT2D eigenvalue weighted by molar-refractivity contribution is -0.185. The molecule has 0 radical (unpaired) electrons. The molecule has 0 amide bonds. The third-order valence-electron chi connectivity index (χ3n) is 7.14. The zero-order chi connectivity index (χ0) is 28.3. The Balaban J connectivity index is 5.46. The van der Waals surface area contributed by atoms with Gasteiger partial charge in [0, 0.05) is 0 Å². The summed E-state index contributed by atoms with van der Waals surface area (Å²) in [5.41, 5.74) is -2.03. The molecule has 224 valence electrons. The summed E-state index contributed by atoms with van der Waals surface area (Å²) in [6.45, 7) is 9.20. The van der Waals surface area contributed by atoms with Gasteiger partial charge in [0.25, 0.3) is 5.41 Å². The first-order valence-corrected chi connectivity index (χ1v) is 16.0. The number of hydrogen-bond acceptors (Lipinski definition) is 6. The van der Waals surface area contributed by atoms with Crippen LogP contribution in [0.1, 0.15) is 163 Å². The molecule has 38 heavy (non-hydrogen) atoms. The Morgan fingerprint density at radius 2 is 0.658 bits per heavy atom. The van der Waals surface area contributed by atoms with Crippen LogP contribution in [0, 0.1) is 5.41 Å². The average Bonchev–Trinajstić information content (AvgIpc) is 2.91. The molecule has 0 rings (SSSR count). The van der Waals surface area contributed by atoms with Crippen molar-refractivity contribution in [1.29, 1.82) is 0 Å². The summed E-state index contributed by atoms with van der Waals surface area (Å²) in [7, 11) is 0. The molecular formula is C32H60O6. The van der Waals surface area contributed by atoms with E-state index < -0.39 is 23.3 Å². The van der Waals surface area contributed by atoms with E-state index in [1.165, 1.54) is 0 Å². The van der Waals surface area contributed by atoms with Crippen LogP contribution in [-0.2, 0) is 28.6 Å². The second-order valence-electron chi connectivity index (χ2n) is 10.7. The molecule has 0 saturated carbocycles. The third kappa shape index (κ3) is 16.4. The number of unbranched alkanes of at least 4 members (excludes halogenated alkanes) is 16. The van der Waals surface area contributed by atoms with Crippen molar-refractivity contribution in [3.63, 3.8) is 0 Å². The van der Waals surface area contributed by atoms with Crippen molar-refractivity contribution in [2.45, 2.75) is 163 Å². The Kier molecular flexibility index (Phi) is 24.6. The SMILES string of the molecule is CCCCCCCOC(=O)C(CCCCCCC)(C(=O)OCCCCCCC)C(=O)OCCCCCCC. The van der Waals surface area contributed by atoms with E-state index in [-0.39, 0.29) is 26.2 Å². The Labute approximate surface area is 234 Å². The van der Waals surface area contributed by atoms with Crippen molar-refractivity contribution in [2.75, 3.05) is 19.8 Å². The van der Waals surface area contributed by atoms with E-state index in [0.717, 1.165) is 122 Å². The van der Waals surface area contributed by atoms with Crippen molar-refractivity contribution >= 4 is 17.9 Å². The van der Waals surface area contributed by atoms with Gasteiger partial charge in [-0.15, -0.1) is 0 Å². The van der Waals surface area contributed by atoms with Crippen LogP contribution >= 0.6 is 0 Å².